The summed E-state index contributed by atoms with van der Waals surface area (Å²) in [6.45, 7) is 5.52. The van der Waals surface area contributed by atoms with Gasteiger partial charge in [-0.1, -0.05) is 19.8 Å². The first-order valence-electron chi connectivity index (χ1n) is 6.03. The summed E-state index contributed by atoms with van der Waals surface area (Å²) < 4.78 is 1.08. The van der Waals surface area contributed by atoms with Gasteiger partial charge in [-0.15, -0.1) is 0 Å². The maximum Gasteiger partial charge on any atom is 0.126 e. The van der Waals surface area contributed by atoms with Crippen molar-refractivity contribution in [3.63, 3.8) is 0 Å². The Kier molecular flexibility index (Phi) is 3.85. The molecule has 1 aliphatic carbocycles. The van der Waals surface area contributed by atoms with Gasteiger partial charge in [-0.2, -0.15) is 0 Å². The summed E-state index contributed by atoms with van der Waals surface area (Å²) >= 11 is 3.47. The van der Waals surface area contributed by atoms with Crippen LogP contribution in [0.4, 0.5) is 5.82 Å². The molecule has 0 aromatic carbocycles. The van der Waals surface area contributed by atoms with Crippen LogP contribution in [-0.4, -0.2) is 11.5 Å². The van der Waals surface area contributed by atoms with Gasteiger partial charge in [-0.05, 0) is 52.7 Å². The Morgan fingerprint density at radius 1 is 1.50 bits per heavy atom. The van der Waals surface area contributed by atoms with E-state index in [0.29, 0.717) is 0 Å². The lowest BCUT2D eigenvalue weighted by atomic mass is 9.98. The second kappa shape index (κ2) is 5.17. The van der Waals surface area contributed by atoms with Crippen LogP contribution in [0.15, 0.2) is 16.7 Å². The molecule has 1 aromatic heterocycles. The van der Waals surface area contributed by atoms with E-state index in [1.54, 1.807) is 0 Å². The standard InChI is InChI=1S/C13H19BrN2/c1-9-4-3-5-11(9)7-15-13-6-10(2)12(14)8-16-13/h6,8-9,11H,3-5,7H2,1-2H3,(H,15,16). The third-order valence-corrected chi connectivity index (χ3v) is 4.46. The number of aromatic nitrogens is 1. The van der Waals surface area contributed by atoms with Crippen LogP contribution >= 0.6 is 15.9 Å². The quantitative estimate of drug-likeness (QED) is 0.907. The molecule has 3 heteroatoms. The summed E-state index contributed by atoms with van der Waals surface area (Å²) in [5.41, 5.74) is 1.23. The molecule has 0 spiro atoms. The van der Waals surface area contributed by atoms with Gasteiger partial charge < -0.3 is 5.32 Å². The molecule has 2 nitrogen and oxygen atoms in total. The highest BCUT2D eigenvalue weighted by Gasteiger charge is 2.22. The van der Waals surface area contributed by atoms with Crippen LogP contribution in [-0.2, 0) is 0 Å². The average molecular weight is 283 g/mol. The van der Waals surface area contributed by atoms with E-state index >= 15 is 0 Å². The Morgan fingerprint density at radius 3 is 2.94 bits per heavy atom. The first-order valence-corrected chi connectivity index (χ1v) is 6.82. The zero-order valence-corrected chi connectivity index (χ0v) is 11.5. The van der Waals surface area contributed by atoms with E-state index in [1.165, 1.54) is 24.8 Å². The third-order valence-electron chi connectivity index (χ3n) is 3.63. The molecule has 1 aliphatic rings. The van der Waals surface area contributed by atoms with Crippen LogP contribution in [0.5, 0.6) is 0 Å². The number of halogens is 1. The van der Waals surface area contributed by atoms with Gasteiger partial charge >= 0.3 is 0 Å². The molecule has 1 aromatic rings. The van der Waals surface area contributed by atoms with Crippen LogP contribution in [0.3, 0.4) is 0 Å². The smallest absolute Gasteiger partial charge is 0.126 e. The number of aryl methyl sites for hydroxylation is 1. The maximum atomic E-state index is 4.37. The largest absolute Gasteiger partial charge is 0.370 e. The first-order chi connectivity index (χ1) is 7.66. The molecule has 2 atom stereocenters. The van der Waals surface area contributed by atoms with Crippen LogP contribution in [0, 0.1) is 18.8 Å². The van der Waals surface area contributed by atoms with Crippen molar-refractivity contribution in [2.45, 2.75) is 33.1 Å². The zero-order valence-electron chi connectivity index (χ0n) is 9.96. The number of nitrogens with zero attached hydrogens (tertiary/aromatic N) is 1. The van der Waals surface area contributed by atoms with Crippen molar-refractivity contribution in [2.24, 2.45) is 11.8 Å². The maximum absolute atomic E-state index is 4.37. The van der Waals surface area contributed by atoms with Crippen molar-refractivity contribution in [1.82, 2.24) is 4.98 Å². The van der Waals surface area contributed by atoms with Gasteiger partial charge in [0.15, 0.2) is 0 Å². The Bertz CT molecular complexity index is 365. The van der Waals surface area contributed by atoms with Gasteiger partial charge in [0.05, 0.1) is 0 Å². The molecule has 1 saturated carbocycles. The summed E-state index contributed by atoms with van der Waals surface area (Å²) in [4.78, 5) is 4.37. The van der Waals surface area contributed by atoms with E-state index in [2.05, 4.69) is 46.1 Å². The highest BCUT2D eigenvalue weighted by Crippen LogP contribution is 2.31. The fourth-order valence-electron chi connectivity index (χ4n) is 2.40. The van der Waals surface area contributed by atoms with Crippen LogP contribution in [0.25, 0.3) is 0 Å². The fraction of sp³-hybridized carbons (Fsp3) is 0.615. The second-order valence-electron chi connectivity index (χ2n) is 4.87. The number of rotatable bonds is 3. The lowest BCUT2D eigenvalue weighted by molar-refractivity contribution is 0.439. The number of hydrogen-bond acceptors (Lipinski definition) is 2. The van der Waals surface area contributed by atoms with Crippen LogP contribution in [0.2, 0.25) is 0 Å². The van der Waals surface area contributed by atoms with Gasteiger partial charge in [0, 0.05) is 17.2 Å². The van der Waals surface area contributed by atoms with Crippen LogP contribution < -0.4 is 5.32 Å². The zero-order chi connectivity index (χ0) is 11.5. The molecule has 1 N–H and O–H groups in total. The van der Waals surface area contributed by atoms with Crippen LogP contribution in [0.1, 0.15) is 31.7 Å². The SMILES string of the molecule is Cc1cc(NCC2CCCC2C)ncc1Br. The lowest BCUT2D eigenvalue weighted by Crippen LogP contribution is -2.17. The molecule has 2 rings (SSSR count). The molecular weight excluding hydrogens is 264 g/mol. The van der Waals surface area contributed by atoms with Crippen molar-refractivity contribution >= 4 is 21.7 Å². The van der Waals surface area contributed by atoms with Gasteiger partial charge in [0.2, 0.25) is 0 Å². The molecule has 16 heavy (non-hydrogen) atoms. The van der Waals surface area contributed by atoms with Crippen molar-refractivity contribution in [3.05, 3.63) is 22.3 Å². The molecule has 0 radical (unpaired) electrons. The summed E-state index contributed by atoms with van der Waals surface area (Å²) in [5, 5.41) is 3.45. The van der Waals surface area contributed by atoms with Gasteiger partial charge in [0.25, 0.3) is 0 Å². The topological polar surface area (TPSA) is 24.9 Å². The van der Waals surface area contributed by atoms with Gasteiger partial charge in [-0.3, -0.25) is 0 Å². The van der Waals surface area contributed by atoms with Crippen molar-refractivity contribution in [1.29, 1.82) is 0 Å². The predicted molar refractivity (Wildman–Crippen MR) is 71.7 cm³/mol. The van der Waals surface area contributed by atoms with Gasteiger partial charge in [0.1, 0.15) is 5.82 Å². The number of nitrogens with one attached hydrogen (secondary N) is 1. The summed E-state index contributed by atoms with van der Waals surface area (Å²) in [5.74, 6) is 2.69. The van der Waals surface area contributed by atoms with E-state index in [-0.39, 0.29) is 0 Å². The second-order valence-corrected chi connectivity index (χ2v) is 5.72. The Balaban J connectivity index is 1.91. The normalized spacial score (nSPS) is 24.7. The minimum Gasteiger partial charge on any atom is -0.370 e. The molecule has 1 fully saturated rings. The predicted octanol–water partition coefficient (Wildman–Crippen LogP) is 4.00. The average Bonchev–Trinajstić information content (AvgIpc) is 2.66. The molecule has 0 saturated heterocycles. The Morgan fingerprint density at radius 2 is 2.31 bits per heavy atom. The number of anilines is 1. The minimum absolute atomic E-state index is 0.825. The van der Waals surface area contributed by atoms with E-state index in [4.69, 9.17) is 0 Å². The first kappa shape index (κ1) is 11.9. The summed E-state index contributed by atoms with van der Waals surface area (Å²) in [7, 11) is 0. The van der Waals surface area contributed by atoms with E-state index in [9.17, 15) is 0 Å². The van der Waals surface area contributed by atoms with Crippen molar-refractivity contribution in [3.8, 4) is 0 Å². The molecular formula is C13H19BrN2. The summed E-state index contributed by atoms with van der Waals surface area (Å²) in [6.07, 6.45) is 6.01. The Labute approximate surface area is 106 Å². The van der Waals surface area contributed by atoms with E-state index in [0.717, 1.165) is 28.7 Å². The summed E-state index contributed by atoms with van der Waals surface area (Å²) in [6, 6.07) is 2.10. The number of pyridine rings is 1. The molecule has 2 unspecified atom stereocenters. The van der Waals surface area contributed by atoms with E-state index in [1.807, 2.05) is 6.20 Å². The highest BCUT2D eigenvalue weighted by molar-refractivity contribution is 9.10. The number of hydrogen-bond donors (Lipinski definition) is 1. The fourth-order valence-corrected chi connectivity index (χ4v) is 2.61. The molecule has 1 heterocycles. The minimum atomic E-state index is 0.825. The van der Waals surface area contributed by atoms with Crippen molar-refractivity contribution in [2.75, 3.05) is 11.9 Å². The monoisotopic (exact) mass is 282 g/mol. The van der Waals surface area contributed by atoms with E-state index < -0.39 is 0 Å². The Hall–Kier alpha value is -0.570. The van der Waals surface area contributed by atoms with Crippen molar-refractivity contribution < 1.29 is 0 Å². The van der Waals surface area contributed by atoms with Gasteiger partial charge in [-0.25, -0.2) is 4.98 Å². The molecule has 88 valence electrons. The molecule has 0 aliphatic heterocycles. The highest BCUT2D eigenvalue weighted by atomic mass is 79.9. The third kappa shape index (κ3) is 2.76. The lowest BCUT2D eigenvalue weighted by Gasteiger charge is -2.16. The molecule has 0 amide bonds. The molecule has 0 bridgehead atoms.